The highest BCUT2D eigenvalue weighted by molar-refractivity contribution is 7.15. The lowest BCUT2D eigenvalue weighted by Crippen LogP contribution is -2.30. The summed E-state index contributed by atoms with van der Waals surface area (Å²) in [6.45, 7) is 5.25. The summed E-state index contributed by atoms with van der Waals surface area (Å²) >= 11 is 1.53. The Kier molecular flexibility index (Phi) is 6.48. The van der Waals surface area contributed by atoms with Crippen molar-refractivity contribution in [1.29, 1.82) is 0 Å². The van der Waals surface area contributed by atoms with E-state index in [0.717, 1.165) is 32.5 Å². The van der Waals surface area contributed by atoms with Crippen molar-refractivity contribution in [2.24, 2.45) is 0 Å². The average molecular weight is 433 g/mol. The van der Waals surface area contributed by atoms with Gasteiger partial charge in [-0.3, -0.25) is 4.79 Å². The van der Waals surface area contributed by atoms with Crippen molar-refractivity contribution in [2.45, 2.75) is 26.9 Å². The number of benzene rings is 2. The number of hydrogen-bond donors (Lipinski definition) is 0. The molecule has 0 aliphatic heterocycles. The maximum atomic E-state index is 13.7. The number of amides is 1. The Morgan fingerprint density at radius 3 is 2.65 bits per heavy atom. The molecule has 5 nitrogen and oxygen atoms in total. The fourth-order valence-electron chi connectivity index (χ4n) is 3.42. The minimum Gasteiger partial charge on any atom is -0.494 e. The third kappa shape index (κ3) is 5.03. The Bertz CT molecular complexity index is 1140. The van der Waals surface area contributed by atoms with E-state index in [1.165, 1.54) is 11.3 Å². The summed E-state index contributed by atoms with van der Waals surface area (Å²) in [5, 5.41) is 0.860. The number of nitrogens with zero attached hydrogens (tertiary/aromatic N) is 2. The highest BCUT2D eigenvalue weighted by Crippen LogP contribution is 2.31. The Hall–Kier alpha value is -3.38. The van der Waals surface area contributed by atoms with E-state index >= 15 is 0 Å². The van der Waals surface area contributed by atoms with Gasteiger partial charge < -0.3 is 14.1 Å². The van der Waals surface area contributed by atoms with Gasteiger partial charge in [0.25, 0.3) is 5.91 Å². The van der Waals surface area contributed by atoms with Crippen LogP contribution in [-0.2, 0) is 13.1 Å². The van der Waals surface area contributed by atoms with Crippen LogP contribution in [0.3, 0.4) is 0 Å². The van der Waals surface area contributed by atoms with Crippen molar-refractivity contribution in [2.75, 3.05) is 6.61 Å². The van der Waals surface area contributed by atoms with Crippen LogP contribution < -0.4 is 4.74 Å². The lowest BCUT2D eigenvalue weighted by atomic mass is 10.1. The molecule has 6 heteroatoms. The Balaban J connectivity index is 1.67. The molecule has 0 N–H and O–H groups in total. The van der Waals surface area contributed by atoms with Gasteiger partial charge in [-0.1, -0.05) is 42.5 Å². The van der Waals surface area contributed by atoms with Crippen molar-refractivity contribution >= 4 is 17.2 Å². The van der Waals surface area contributed by atoms with Crippen LogP contribution in [0.15, 0.2) is 77.4 Å². The SMILES string of the molecule is CCOc1cccc(CN(Cc2ccco2)C(=O)c2nc(C)sc2-c2ccccc2)c1. The zero-order valence-corrected chi connectivity index (χ0v) is 18.4. The second-order valence-corrected chi connectivity index (χ2v) is 8.30. The predicted molar refractivity (Wildman–Crippen MR) is 122 cm³/mol. The Morgan fingerprint density at radius 1 is 1.06 bits per heavy atom. The number of aromatic nitrogens is 1. The highest BCUT2D eigenvalue weighted by atomic mass is 32.1. The van der Waals surface area contributed by atoms with Crippen molar-refractivity contribution in [3.63, 3.8) is 0 Å². The average Bonchev–Trinajstić information content (AvgIpc) is 3.43. The Labute approximate surface area is 185 Å². The topological polar surface area (TPSA) is 55.6 Å². The third-order valence-electron chi connectivity index (χ3n) is 4.77. The second kappa shape index (κ2) is 9.62. The first-order chi connectivity index (χ1) is 15.1. The molecule has 0 saturated heterocycles. The molecule has 0 aliphatic carbocycles. The van der Waals surface area contributed by atoms with Crippen molar-refractivity contribution < 1.29 is 13.9 Å². The molecule has 158 valence electrons. The lowest BCUT2D eigenvalue weighted by molar-refractivity contribution is 0.0713. The number of hydrogen-bond acceptors (Lipinski definition) is 5. The van der Waals surface area contributed by atoms with E-state index in [1.54, 1.807) is 11.2 Å². The number of aryl methyl sites for hydroxylation is 1. The zero-order chi connectivity index (χ0) is 21.6. The Morgan fingerprint density at radius 2 is 1.90 bits per heavy atom. The molecule has 2 heterocycles. The summed E-state index contributed by atoms with van der Waals surface area (Å²) in [4.78, 5) is 20.9. The van der Waals surface area contributed by atoms with Crippen molar-refractivity contribution in [3.05, 3.63) is 95.0 Å². The number of thiazole rings is 1. The van der Waals surface area contributed by atoms with E-state index in [4.69, 9.17) is 9.15 Å². The van der Waals surface area contributed by atoms with Gasteiger partial charge in [0.05, 0.1) is 29.3 Å². The maximum absolute atomic E-state index is 13.7. The number of ether oxygens (including phenoxy) is 1. The van der Waals surface area contributed by atoms with Gasteiger partial charge in [-0.15, -0.1) is 11.3 Å². The fourth-order valence-corrected chi connectivity index (χ4v) is 4.33. The van der Waals surface area contributed by atoms with Crippen LogP contribution in [0, 0.1) is 6.92 Å². The number of carbonyl (C=O) groups excluding carboxylic acids is 1. The molecule has 4 aromatic rings. The van der Waals surface area contributed by atoms with E-state index in [-0.39, 0.29) is 5.91 Å². The molecule has 0 atom stereocenters. The second-order valence-electron chi connectivity index (χ2n) is 7.10. The summed E-state index contributed by atoms with van der Waals surface area (Å²) in [5.74, 6) is 1.39. The molecule has 2 aromatic carbocycles. The normalized spacial score (nSPS) is 10.8. The molecule has 0 unspecified atom stereocenters. The summed E-state index contributed by atoms with van der Waals surface area (Å²) in [5.41, 5.74) is 2.45. The molecule has 2 aromatic heterocycles. The van der Waals surface area contributed by atoms with Gasteiger partial charge in [0.2, 0.25) is 0 Å². The standard InChI is InChI=1S/C25H24N2O3S/c1-3-29-21-12-7-9-19(15-21)16-27(17-22-13-8-14-30-22)25(28)23-24(31-18(2)26-23)20-10-5-4-6-11-20/h4-15H,3,16-17H2,1-2H3. The first-order valence-electron chi connectivity index (χ1n) is 10.2. The molecule has 0 radical (unpaired) electrons. The molecule has 0 fully saturated rings. The van der Waals surface area contributed by atoms with Crippen LogP contribution in [-0.4, -0.2) is 22.4 Å². The molecule has 0 spiro atoms. The van der Waals surface area contributed by atoms with Gasteiger partial charge in [0.15, 0.2) is 0 Å². The molecule has 31 heavy (non-hydrogen) atoms. The molecule has 0 aliphatic rings. The first-order valence-corrected chi connectivity index (χ1v) is 11.0. The number of furan rings is 1. The van der Waals surface area contributed by atoms with Crippen LogP contribution in [0.5, 0.6) is 5.75 Å². The van der Waals surface area contributed by atoms with Gasteiger partial charge in [0, 0.05) is 6.54 Å². The minimum absolute atomic E-state index is 0.124. The summed E-state index contributed by atoms with van der Waals surface area (Å²) in [7, 11) is 0. The van der Waals surface area contributed by atoms with Crippen LogP contribution in [0.1, 0.15) is 33.7 Å². The molecule has 4 rings (SSSR count). The van der Waals surface area contributed by atoms with E-state index < -0.39 is 0 Å². The zero-order valence-electron chi connectivity index (χ0n) is 17.6. The molecule has 1 amide bonds. The van der Waals surface area contributed by atoms with Gasteiger partial charge in [-0.25, -0.2) is 4.98 Å². The van der Waals surface area contributed by atoms with Crippen LogP contribution in [0.25, 0.3) is 10.4 Å². The molecular formula is C25H24N2O3S. The smallest absolute Gasteiger partial charge is 0.274 e. The minimum atomic E-state index is -0.124. The number of rotatable bonds is 8. The summed E-state index contributed by atoms with van der Waals surface area (Å²) in [6, 6.07) is 21.5. The predicted octanol–water partition coefficient (Wildman–Crippen LogP) is 5.95. The van der Waals surface area contributed by atoms with Crippen LogP contribution in [0.4, 0.5) is 0 Å². The van der Waals surface area contributed by atoms with Crippen LogP contribution >= 0.6 is 11.3 Å². The fraction of sp³-hybridized carbons (Fsp3) is 0.200. The van der Waals surface area contributed by atoms with E-state index in [2.05, 4.69) is 4.98 Å². The third-order valence-corrected chi connectivity index (χ3v) is 5.79. The summed E-state index contributed by atoms with van der Waals surface area (Å²) < 4.78 is 11.2. The van der Waals surface area contributed by atoms with Gasteiger partial charge in [-0.05, 0) is 49.2 Å². The quantitative estimate of drug-likeness (QED) is 0.345. The monoisotopic (exact) mass is 432 g/mol. The van der Waals surface area contributed by atoms with Crippen molar-refractivity contribution in [1.82, 2.24) is 9.88 Å². The van der Waals surface area contributed by atoms with Crippen LogP contribution in [0.2, 0.25) is 0 Å². The summed E-state index contributed by atoms with van der Waals surface area (Å²) in [6.07, 6.45) is 1.62. The largest absolute Gasteiger partial charge is 0.494 e. The van der Waals surface area contributed by atoms with Crippen molar-refractivity contribution in [3.8, 4) is 16.2 Å². The highest BCUT2D eigenvalue weighted by Gasteiger charge is 2.25. The first kappa shape index (κ1) is 20.9. The van der Waals surface area contributed by atoms with Gasteiger partial charge in [-0.2, -0.15) is 0 Å². The molecule has 0 bridgehead atoms. The number of carbonyl (C=O) groups is 1. The van der Waals surface area contributed by atoms with Gasteiger partial charge in [0.1, 0.15) is 17.2 Å². The maximum Gasteiger partial charge on any atom is 0.274 e. The molecular weight excluding hydrogens is 408 g/mol. The lowest BCUT2D eigenvalue weighted by Gasteiger charge is -2.22. The van der Waals surface area contributed by atoms with E-state index in [9.17, 15) is 4.79 Å². The van der Waals surface area contributed by atoms with Gasteiger partial charge >= 0.3 is 0 Å². The molecule has 0 saturated carbocycles. The van der Waals surface area contributed by atoms with E-state index in [0.29, 0.717) is 25.4 Å². The van der Waals surface area contributed by atoms with E-state index in [1.807, 2.05) is 80.6 Å².